The molecule has 2 atom stereocenters. The summed E-state index contributed by atoms with van der Waals surface area (Å²) in [6.45, 7) is 9.27. The van der Waals surface area contributed by atoms with Crippen LogP contribution in [0, 0.1) is 0 Å². The van der Waals surface area contributed by atoms with Gasteiger partial charge < -0.3 is 4.67 Å². The number of hydrogen-bond acceptors (Lipinski definition) is 1. The maximum absolute atomic E-state index is 2.62. The van der Waals surface area contributed by atoms with Gasteiger partial charge in [-0.15, -0.1) is 0 Å². The first-order chi connectivity index (χ1) is 21.4. The Labute approximate surface area is 265 Å². The van der Waals surface area contributed by atoms with E-state index in [1.54, 1.807) is 0 Å². The van der Waals surface area contributed by atoms with Crippen molar-refractivity contribution < 1.29 is 0 Å². The maximum atomic E-state index is 2.62. The average molecular weight is 592 g/mol. The molecule has 220 valence electrons. The highest BCUT2D eigenvalue weighted by atomic mass is 31.1. The molecule has 5 aromatic rings. The molecule has 0 N–H and O–H groups in total. The Hall–Kier alpha value is -4.19. The second-order valence-corrected chi connectivity index (χ2v) is 15.0. The molecular weight excluding hydrogens is 549 g/mol. The Bertz CT molecular complexity index is 1610. The molecule has 5 aromatic carbocycles. The highest BCUT2D eigenvalue weighted by Gasteiger charge is 2.31. The first kappa shape index (κ1) is 29.9. The van der Waals surface area contributed by atoms with Gasteiger partial charge in [-0.3, -0.25) is 0 Å². The van der Waals surface area contributed by atoms with Crippen LogP contribution >= 0.6 is 8.07 Å². The van der Waals surface area contributed by atoms with Crippen LogP contribution in [0.3, 0.4) is 0 Å². The summed E-state index contributed by atoms with van der Waals surface area (Å²) in [5, 5.41) is 1.38. The van der Waals surface area contributed by atoms with E-state index < -0.39 is 8.07 Å². The molecule has 6 rings (SSSR count). The molecule has 0 fully saturated rings. The van der Waals surface area contributed by atoms with E-state index in [9.17, 15) is 0 Å². The monoisotopic (exact) mass is 591 g/mol. The molecule has 0 amide bonds. The summed E-state index contributed by atoms with van der Waals surface area (Å²) < 4.78 is 2.62. The van der Waals surface area contributed by atoms with E-state index in [2.05, 4.69) is 196 Å². The molecule has 0 bridgehead atoms. The van der Waals surface area contributed by atoms with Gasteiger partial charge in [0, 0.05) is 35.9 Å². The van der Waals surface area contributed by atoms with Crippen LogP contribution in [-0.2, 0) is 10.8 Å². The molecule has 0 spiro atoms. The van der Waals surface area contributed by atoms with Gasteiger partial charge >= 0.3 is 0 Å². The zero-order valence-corrected chi connectivity index (χ0v) is 27.2. The van der Waals surface area contributed by atoms with Crippen molar-refractivity contribution in [1.29, 1.82) is 0 Å². The maximum Gasteiger partial charge on any atom is 0.0451 e. The minimum Gasteiger partial charge on any atom is -0.315 e. The number of hydrogen-bond donors (Lipinski definition) is 0. The topological polar surface area (TPSA) is 3.24 Å². The van der Waals surface area contributed by atoms with Crippen molar-refractivity contribution in [2.75, 3.05) is 4.67 Å². The third kappa shape index (κ3) is 6.08. The lowest BCUT2D eigenvalue weighted by atomic mass is 9.78. The van der Waals surface area contributed by atoms with Crippen molar-refractivity contribution in [3.05, 3.63) is 186 Å². The van der Waals surface area contributed by atoms with Crippen LogP contribution in [-0.4, -0.2) is 5.66 Å². The lowest BCUT2D eigenvalue weighted by molar-refractivity contribution is 0.641. The molecule has 0 aliphatic heterocycles. The summed E-state index contributed by atoms with van der Waals surface area (Å²) in [7, 11) is -0.758. The van der Waals surface area contributed by atoms with Crippen molar-refractivity contribution in [3.63, 3.8) is 0 Å². The largest absolute Gasteiger partial charge is 0.315 e. The molecule has 0 heterocycles. The predicted molar refractivity (Wildman–Crippen MR) is 192 cm³/mol. The Morgan fingerprint density at radius 3 is 1.32 bits per heavy atom. The normalized spacial score (nSPS) is 15.6. The quantitative estimate of drug-likeness (QED) is 0.154. The summed E-state index contributed by atoms with van der Waals surface area (Å²) in [6.07, 6.45) is 10.2. The number of allylic oxidation sites excluding steroid dienone is 4. The number of rotatable bonds is 9. The molecule has 2 heteroatoms. The van der Waals surface area contributed by atoms with E-state index in [4.69, 9.17) is 0 Å². The molecule has 1 aliphatic rings. The first-order valence-corrected chi connectivity index (χ1v) is 17.0. The minimum atomic E-state index is -0.758. The number of benzene rings is 5. The molecule has 1 aliphatic carbocycles. The highest BCUT2D eigenvalue weighted by molar-refractivity contribution is 7.68. The summed E-state index contributed by atoms with van der Waals surface area (Å²) >= 11 is 0. The molecule has 0 saturated heterocycles. The smallest absolute Gasteiger partial charge is 0.0451 e. The fourth-order valence-electron chi connectivity index (χ4n) is 6.26. The Morgan fingerprint density at radius 1 is 0.500 bits per heavy atom. The van der Waals surface area contributed by atoms with E-state index >= 15 is 0 Å². The van der Waals surface area contributed by atoms with Gasteiger partial charge in [0.1, 0.15) is 0 Å². The van der Waals surface area contributed by atoms with Crippen LogP contribution in [0.2, 0.25) is 0 Å². The fourth-order valence-corrected chi connectivity index (χ4v) is 9.00. The van der Waals surface area contributed by atoms with Gasteiger partial charge in [0.2, 0.25) is 0 Å². The van der Waals surface area contributed by atoms with Crippen LogP contribution in [0.5, 0.6) is 0 Å². The van der Waals surface area contributed by atoms with Crippen molar-refractivity contribution in [3.8, 4) is 0 Å². The van der Waals surface area contributed by atoms with E-state index in [-0.39, 0.29) is 10.8 Å². The molecule has 0 aromatic heterocycles. The van der Waals surface area contributed by atoms with Gasteiger partial charge in [0.15, 0.2) is 0 Å². The Kier molecular flexibility index (Phi) is 8.69. The average Bonchev–Trinajstić information content (AvgIpc) is 3.09. The fraction of sp³-hybridized carbons (Fsp3) is 0.190. The van der Waals surface area contributed by atoms with E-state index in [1.807, 2.05) is 0 Å². The molecule has 44 heavy (non-hydrogen) atoms. The summed E-state index contributed by atoms with van der Waals surface area (Å²) in [5.41, 5.74) is 7.97. The van der Waals surface area contributed by atoms with Gasteiger partial charge in [-0.05, 0) is 58.2 Å². The van der Waals surface area contributed by atoms with E-state index in [0.29, 0.717) is 5.66 Å². The van der Waals surface area contributed by atoms with Crippen LogP contribution in [0.25, 0.3) is 0 Å². The van der Waals surface area contributed by atoms with Gasteiger partial charge in [-0.2, -0.15) is 0 Å². The van der Waals surface area contributed by atoms with Crippen LogP contribution in [0.1, 0.15) is 56.4 Å². The second-order valence-electron chi connectivity index (χ2n) is 12.7. The van der Waals surface area contributed by atoms with Crippen molar-refractivity contribution in [2.24, 2.45) is 0 Å². The Balaban J connectivity index is 1.44. The molecule has 2 unspecified atom stereocenters. The van der Waals surface area contributed by atoms with Crippen LogP contribution in [0.15, 0.2) is 164 Å². The lowest BCUT2D eigenvalue weighted by Gasteiger charge is -2.39. The van der Waals surface area contributed by atoms with E-state index in [0.717, 1.165) is 6.42 Å². The third-order valence-electron chi connectivity index (χ3n) is 9.17. The summed E-state index contributed by atoms with van der Waals surface area (Å²) in [5.74, 6) is 0. The number of anilines is 2. The third-order valence-corrected chi connectivity index (χ3v) is 11.9. The van der Waals surface area contributed by atoms with Crippen molar-refractivity contribution in [1.82, 2.24) is 0 Å². The zero-order valence-electron chi connectivity index (χ0n) is 26.3. The molecule has 0 radical (unpaired) electrons. The van der Waals surface area contributed by atoms with Crippen LogP contribution in [0.4, 0.5) is 11.4 Å². The van der Waals surface area contributed by atoms with Gasteiger partial charge in [0.05, 0.1) is 0 Å². The van der Waals surface area contributed by atoms with Gasteiger partial charge in [-0.25, -0.2) is 0 Å². The summed E-state index contributed by atoms with van der Waals surface area (Å²) in [6, 6.07) is 51.4. The number of nitrogens with zero attached hydrogens (tertiary/aromatic N) is 1. The van der Waals surface area contributed by atoms with Crippen LogP contribution < -0.4 is 9.97 Å². The molecular formula is C42H42NP. The minimum absolute atomic E-state index is 0.0869. The van der Waals surface area contributed by atoms with Gasteiger partial charge in [0.25, 0.3) is 0 Å². The summed E-state index contributed by atoms with van der Waals surface area (Å²) in [4.78, 5) is 0. The Morgan fingerprint density at radius 2 is 0.909 bits per heavy atom. The first-order valence-electron chi connectivity index (χ1n) is 15.7. The predicted octanol–water partition coefficient (Wildman–Crippen LogP) is 11.1. The van der Waals surface area contributed by atoms with Crippen molar-refractivity contribution in [2.45, 2.75) is 50.6 Å². The lowest BCUT2D eigenvalue weighted by Crippen LogP contribution is -2.26. The van der Waals surface area contributed by atoms with Crippen molar-refractivity contribution >= 4 is 24.8 Å². The van der Waals surface area contributed by atoms with Gasteiger partial charge in [-0.1, -0.05) is 167 Å². The highest BCUT2D eigenvalue weighted by Crippen LogP contribution is 2.54. The standard InChI is InChI=1S/C42H42NP/c1-41(2,33-17-9-5-10-18-33)35-25-29-37(30-26-35)43(44(39-21-13-7-14-22-39)40-23-15-8-16-24-40)38-31-27-36(28-32-38)42(3,4)34-19-11-6-12-20-34/h5-23,25-32,40H,24H2,1-4H3. The van der Waals surface area contributed by atoms with E-state index in [1.165, 1.54) is 38.9 Å². The molecule has 0 saturated carbocycles. The SMILES string of the molecule is CC(C)(c1ccccc1)c1ccc(N(c2ccc(C(C)(C)c3ccccc3)cc2)P(c2ccccc2)C2C=CC=CC2)cc1. The second kappa shape index (κ2) is 12.8. The molecule has 1 nitrogen and oxygen atoms in total. The zero-order chi connectivity index (χ0) is 30.6.